The second-order valence-electron chi connectivity index (χ2n) is 9.26. The molecule has 0 radical (unpaired) electrons. The highest BCUT2D eigenvalue weighted by molar-refractivity contribution is 6.32. The quantitative estimate of drug-likeness (QED) is 0.286. The first kappa shape index (κ1) is 25.1. The zero-order valence-corrected chi connectivity index (χ0v) is 21.7. The van der Waals surface area contributed by atoms with E-state index in [0.717, 1.165) is 35.4 Å². The molecular formula is C27H30ClN5O4. The van der Waals surface area contributed by atoms with Gasteiger partial charge in [-0.15, -0.1) is 0 Å². The maximum atomic E-state index is 12.9. The van der Waals surface area contributed by atoms with Gasteiger partial charge in [0.25, 0.3) is 5.56 Å². The van der Waals surface area contributed by atoms with Gasteiger partial charge in [-0.3, -0.25) is 4.79 Å². The van der Waals surface area contributed by atoms with E-state index in [9.17, 15) is 9.90 Å². The molecule has 10 heteroatoms. The van der Waals surface area contributed by atoms with E-state index >= 15 is 0 Å². The number of ether oxygens (including phenoxy) is 2. The number of aromatic amines is 2. The van der Waals surface area contributed by atoms with Crippen molar-refractivity contribution in [2.45, 2.75) is 26.1 Å². The average molecular weight is 524 g/mol. The molecule has 2 aromatic carbocycles. The van der Waals surface area contributed by atoms with Crippen molar-refractivity contribution in [3.63, 3.8) is 0 Å². The molecule has 0 spiro atoms. The van der Waals surface area contributed by atoms with Crippen LogP contribution in [0.3, 0.4) is 0 Å². The molecule has 5 rings (SSSR count). The van der Waals surface area contributed by atoms with Crippen molar-refractivity contribution in [2.75, 3.05) is 43.6 Å². The Kier molecular flexibility index (Phi) is 7.10. The third-order valence-electron chi connectivity index (χ3n) is 6.61. The highest BCUT2D eigenvalue weighted by Crippen LogP contribution is 2.31. The SMILES string of the molecule is COc1ccc([C@H](O)CNc2cc[nH]c(=O)c2-c2nc3c(C)cc(N4CCO[C@H](C)C4)cc3[nH]2)cc1Cl. The minimum atomic E-state index is -0.855. The van der Waals surface area contributed by atoms with Gasteiger partial charge >= 0.3 is 0 Å². The van der Waals surface area contributed by atoms with Crippen LogP contribution in [0.5, 0.6) is 5.75 Å². The lowest BCUT2D eigenvalue weighted by Gasteiger charge is -2.33. The third-order valence-corrected chi connectivity index (χ3v) is 6.91. The van der Waals surface area contributed by atoms with E-state index in [1.54, 1.807) is 30.5 Å². The monoisotopic (exact) mass is 523 g/mol. The second kappa shape index (κ2) is 10.5. The fourth-order valence-corrected chi connectivity index (χ4v) is 4.97. The molecule has 2 aromatic heterocycles. The Bertz CT molecular complexity index is 1480. The number of hydrogen-bond acceptors (Lipinski definition) is 7. The number of fused-ring (bicyclic) bond motifs is 1. The van der Waals surface area contributed by atoms with Crippen LogP contribution < -0.4 is 20.5 Å². The number of hydrogen-bond donors (Lipinski definition) is 4. The number of benzene rings is 2. The number of aryl methyl sites for hydroxylation is 1. The first-order chi connectivity index (χ1) is 17.8. The van der Waals surface area contributed by atoms with Gasteiger partial charge in [-0.1, -0.05) is 17.7 Å². The van der Waals surface area contributed by atoms with E-state index in [2.05, 4.69) is 39.2 Å². The lowest BCUT2D eigenvalue weighted by atomic mass is 10.1. The average Bonchev–Trinajstić information content (AvgIpc) is 3.31. The number of aromatic nitrogens is 3. The summed E-state index contributed by atoms with van der Waals surface area (Å²) in [6.07, 6.45) is 0.881. The highest BCUT2D eigenvalue weighted by atomic mass is 35.5. The van der Waals surface area contributed by atoms with Crippen molar-refractivity contribution in [2.24, 2.45) is 0 Å². The molecule has 194 valence electrons. The molecule has 4 aromatic rings. The van der Waals surface area contributed by atoms with Crippen molar-refractivity contribution in [3.05, 3.63) is 69.1 Å². The number of nitrogens with zero attached hydrogens (tertiary/aromatic N) is 2. The van der Waals surface area contributed by atoms with Crippen molar-refractivity contribution < 1.29 is 14.6 Å². The van der Waals surface area contributed by atoms with Crippen LogP contribution in [0, 0.1) is 6.92 Å². The van der Waals surface area contributed by atoms with Gasteiger partial charge in [0.2, 0.25) is 0 Å². The number of halogens is 1. The van der Waals surface area contributed by atoms with Crippen LogP contribution in [0.1, 0.15) is 24.2 Å². The van der Waals surface area contributed by atoms with Gasteiger partial charge in [-0.25, -0.2) is 4.98 Å². The van der Waals surface area contributed by atoms with E-state index < -0.39 is 6.10 Å². The first-order valence-electron chi connectivity index (χ1n) is 12.2. The molecule has 37 heavy (non-hydrogen) atoms. The molecule has 0 aliphatic carbocycles. The summed E-state index contributed by atoms with van der Waals surface area (Å²) in [4.78, 5) is 26.1. The van der Waals surface area contributed by atoms with Crippen LogP contribution in [0.25, 0.3) is 22.4 Å². The minimum Gasteiger partial charge on any atom is -0.495 e. The van der Waals surface area contributed by atoms with Crippen LogP contribution in [0.15, 0.2) is 47.4 Å². The molecule has 9 nitrogen and oxygen atoms in total. The van der Waals surface area contributed by atoms with Gasteiger partial charge in [0.05, 0.1) is 47.7 Å². The minimum absolute atomic E-state index is 0.164. The maximum Gasteiger partial charge on any atom is 0.261 e. The van der Waals surface area contributed by atoms with Gasteiger partial charge in [0, 0.05) is 31.5 Å². The summed E-state index contributed by atoms with van der Waals surface area (Å²) in [5.41, 5.74) is 5.05. The fraction of sp³-hybridized carbons (Fsp3) is 0.333. The fourth-order valence-electron chi connectivity index (χ4n) is 4.70. The lowest BCUT2D eigenvalue weighted by Crippen LogP contribution is -2.41. The summed E-state index contributed by atoms with van der Waals surface area (Å²) in [5, 5.41) is 14.4. The van der Waals surface area contributed by atoms with Crippen molar-refractivity contribution in [1.82, 2.24) is 15.0 Å². The number of aliphatic hydroxyl groups is 1. The zero-order chi connectivity index (χ0) is 26.1. The van der Waals surface area contributed by atoms with E-state index in [-0.39, 0.29) is 18.2 Å². The number of rotatable bonds is 7. The number of morpholine rings is 1. The Morgan fingerprint density at radius 2 is 2.16 bits per heavy atom. The number of methoxy groups -OCH3 is 1. The van der Waals surface area contributed by atoms with Gasteiger partial charge in [0.1, 0.15) is 17.1 Å². The van der Waals surface area contributed by atoms with Gasteiger partial charge in [-0.2, -0.15) is 0 Å². The molecule has 4 N–H and O–H groups in total. The Morgan fingerprint density at radius 3 is 2.92 bits per heavy atom. The molecule has 0 saturated carbocycles. The Hall–Kier alpha value is -3.53. The molecule has 1 aliphatic heterocycles. The van der Waals surface area contributed by atoms with Crippen LogP contribution in [0.4, 0.5) is 11.4 Å². The maximum absolute atomic E-state index is 12.9. The van der Waals surface area contributed by atoms with Crippen LogP contribution in [-0.2, 0) is 4.74 Å². The van der Waals surface area contributed by atoms with Crippen LogP contribution in [0.2, 0.25) is 5.02 Å². The molecule has 2 atom stereocenters. The summed E-state index contributed by atoms with van der Waals surface area (Å²) in [5.74, 6) is 0.992. The summed E-state index contributed by atoms with van der Waals surface area (Å²) >= 11 is 6.21. The Labute approximate surface area is 219 Å². The summed E-state index contributed by atoms with van der Waals surface area (Å²) in [6.45, 7) is 6.59. The van der Waals surface area contributed by atoms with Crippen LogP contribution in [-0.4, -0.2) is 59.5 Å². The molecule has 1 fully saturated rings. The topological polar surface area (TPSA) is 116 Å². The normalized spacial score (nSPS) is 16.7. The molecule has 1 saturated heterocycles. The number of aliphatic hydroxyl groups excluding tert-OH is 1. The number of H-pyrrole nitrogens is 2. The number of pyridine rings is 1. The van der Waals surface area contributed by atoms with Gasteiger partial charge in [0.15, 0.2) is 0 Å². The molecule has 0 amide bonds. The predicted molar refractivity (Wildman–Crippen MR) is 146 cm³/mol. The molecule has 0 unspecified atom stereocenters. The first-order valence-corrected chi connectivity index (χ1v) is 12.6. The van der Waals surface area contributed by atoms with Crippen LogP contribution >= 0.6 is 11.6 Å². The third kappa shape index (κ3) is 5.16. The van der Waals surface area contributed by atoms with Crippen molar-refractivity contribution in [3.8, 4) is 17.1 Å². The predicted octanol–water partition coefficient (Wildman–Crippen LogP) is 4.26. The van der Waals surface area contributed by atoms with E-state index in [1.807, 2.05) is 6.92 Å². The van der Waals surface area contributed by atoms with E-state index in [0.29, 0.717) is 40.0 Å². The second-order valence-corrected chi connectivity index (χ2v) is 9.67. The summed E-state index contributed by atoms with van der Waals surface area (Å²) in [7, 11) is 1.54. The molecule has 1 aliphatic rings. The van der Waals surface area contributed by atoms with Crippen molar-refractivity contribution in [1.29, 1.82) is 0 Å². The molecule has 0 bridgehead atoms. The van der Waals surface area contributed by atoms with Crippen molar-refractivity contribution >= 4 is 34.0 Å². The summed E-state index contributed by atoms with van der Waals surface area (Å²) < 4.78 is 10.9. The smallest absolute Gasteiger partial charge is 0.261 e. The number of nitrogens with one attached hydrogen (secondary N) is 3. The standard InChI is InChI=1S/C27H30ClN5O4/c1-15-10-18(33-8-9-37-16(2)14-33)12-21-25(15)32-26(31-21)24-20(6-7-29-27(24)35)30-13-22(34)17-4-5-23(36-3)19(28)11-17/h4-7,10-12,16,22,34H,8-9,13-14H2,1-3H3,(H,31,32)(H2,29,30,35)/t16-,22-/m1/s1. The molecular weight excluding hydrogens is 494 g/mol. The van der Waals surface area contributed by atoms with E-state index in [1.165, 1.54) is 7.11 Å². The van der Waals surface area contributed by atoms with E-state index in [4.69, 9.17) is 26.1 Å². The van der Waals surface area contributed by atoms with Gasteiger partial charge < -0.3 is 34.8 Å². The summed E-state index contributed by atoms with van der Waals surface area (Å²) in [6, 6.07) is 11.1. The Balaban J connectivity index is 1.43. The number of anilines is 2. The lowest BCUT2D eigenvalue weighted by molar-refractivity contribution is 0.0532. The highest BCUT2D eigenvalue weighted by Gasteiger charge is 2.20. The van der Waals surface area contributed by atoms with Gasteiger partial charge in [-0.05, 0) is 55.3 Å². The Morgan fingerprint density at radius 1 is 1.32 bits per heavy atom. The number of imidazole rings is 1. The zero-order valence-electron chi connectivity index (χ0n) is 21.0. The largest absolute Gasteiger partial charge is 0.495 e. The molecule has 3 heterocycles.